The van der Waals surface area contributed by atoms with Crippen LogP contribution in [0.1, 0.15) is 34.8 Å². The van der Waals surface area contributed by atoms with Gasteiger partial charge in [-0.05, 0) is 52.9 Å². The molecule has 5 atom stereocenters. The Hall–Kier alpha value is -2.61. The fourth-order valence-electron chi connectivity index (χ4n) is 4.71. The highest BCUT2D eigenvalue weighted by molar-refractivity contribution is 6.31. The summed E-state index contributed by atoms with van der Waals surface area (Å²) in [5.41, 5.74) is 4.08. The first kappa shape index (κ1) is 24.1. The fraction of sp³-hybridized carbons (Fsp3) is 0.357. The van der Waals surface area contributed by atoms with Crippen molar-refractivity contribution in [2.45, 2.75) is 49.8 Å². The molecule has 1 fully saturated rings. The lowest BCUT2D eigenvalue weighted by molar-refractivity contribution is -0.181. The van der Waals surface area contributed by atoms with Crippen LogP contribution in [-0.2, 0) is 17.6 Å². The summed E-state index contributed by atoms with van der Waals surface area (Å²) in [6.07, 6.45) is -1.57. The third-order valence-corrected chi connectivity index (χ3v) is 7.03. The maximum atomic E-state index is 10.2. The van der Waals surface area contributed by atoms with Crippen LogP contribution in [0.25, 0.3) is 0 Å². The quantitative estimate of drug-likeness (QED) is 0.460. The maximum absolute atomic E-state index is 10.2. The van der Waals surface area contributed by atoms with Crippen LogP contribution in [0.5, 0.6) is 11.5 Å². The molecule has 2 aliphatic rings. The Bertz CT molecular complexity index is 1130. The third-order valence-electron chi connectivity index (χ3n) is 6.66. The highest BCUT2D eigenvalue weighted by Crippen LogP contribution is 2.34. The van der Waals surface area contributed by atoms with E-state index < -0.39 is 24.4 Å². The minimum atomic E-state index is -1.10. The normalized spacial score (nSPS) is 25.7. The zero-order valence-electron chi connectivity index (χ0n) is 19.2. The molecular formula is C28H29ClO6. The molecule has 0 amide bonds. The van der Waals surface area contributed by atoms with E-state index in [9.17, 15) is 15.3 Å². The van der Waals surface area contributed by atoms with Crippen molar-refractivity contribution in [3.8, 4) is 11.5 Å². The van der Waals surface area contributed by atoms with E-state index in [0.29, 0.717) is 18.1 Å². The Morgan fingerprint density at radius 2 is 1.80 bits per heavy atom. The minimum absolute atomic E-state index is 0.0145. The number of hydrogen-bond acceptors (Lipinski definition) is 6. The first-order valence-corrected chi connectivity index (χ1v) is 12.2. The van der Waals surface area contributed by atoms with E-state index in [4.69, 9.17) is 25.8 Å². The molecule has 0 aromatic heterocycles. The minimum Gasteiger partial charge on any atom is -0.490 e. The van der Waals surface area contributed by atoms with Crippen molar-refractivity contribution >= 4 is 11.6 Å². The van der Waals surface area contributed by atoms with Gasteiger partial charge in [-0.1, -0.05) is 54.1 Å². The highest BCUT2D eigenvalue weighted by Gasteiger charge is 2.37. The zero-order chi connectivity index (χ0) is 24.4. The molecule has 5 rings (SSSR count). The van der Waals surface area contributed by atoms with Crippen LogP contribution in [-0.4, -0.2) is 52.9 Å². The van der Waals surface area contributed by atoms with Crippen molar-refractivity contribution in [3.05, 3.63) is 94.0 Å². The molecule has 2 heterocycles. The molecule has 0 radical (unpaired) electrons. The number of aliphatic hydroxyl groups is 3. The molecule has 3 aromatic rings. The number of fused-ring (bicyclic) bond motifs is 1. The predicted octanol–water partition coefficient (Wildman–Crippen LogP) is 3.86. The topological polar surface area (TPSA) is 88.4 Å². The SMILES string of the molecule is OC[C@H]1O[C@@H](c2ccc(Cl)c(Cc3ccc(OC[C@H]4Cc5ccccc5O4)cc3)c2)C[C@@H](O)[C@@H]1O. The van der Waals surface area contributed by atoms with Crippen LogP contribution in [0, 0.1) is 0 Å². The Kier molecular flexibility index (Phi) is 7.27. The molecule has 0 unspecified atom stereocenters. The van der Waals surface area contributed by atoms with Gasteiger partial charge in [0.2, 0.25) is 0 Å². The second-order valence-electron chi connectivity index (χ2n) is 9.17. The lowest BCUT2D eigenvalue weighted by atomic mass is 9.92. The largest absolute Gasteiger partial charge is 0.490 e. The van der Waals surface area contributed by atoms with Gasteiger partial charge in [0.1, 0.15) is 36.4 Å². The van der Waals surface area contributed by atoms with Crippen LogP contribution in [0.15, 0.2) is 66.7 Å². The van der Waals surface area contributed by atoms with E-state index in [1.54, 1.807) is 0 Å². The van der Waals surface area contributed by atoms with Gasteiger partial charge in [0.25, 0.3) is 0 Å². The first-order chi connectivity index (χ1) is 17.0. The average Bonchev–Trinajstić information content (AvgIpc) is 3.29. The van der Waals surface area contributed by atoms with Crippen molar-refractivity contribution in [1.82, 2.24) is 0 Å². The summed E-state index contributed by atoms with van der Waals surface area (Å²) in [5, 5.41) is 30.3. The van der Waals surface area contributed by atoms with E-state index in [2.05, 4.69) is 6.07 Å². The smallest absolute Gasteiger partial charge is 0.137 e. The summed E-state index contributed by atoms with van der Waals surface area (Å²) in [6.45, 7) is 0.127. The van der Waals surface area contributed by atoms with Gasteiger partial charge in [0.05, 0.1) is 18.8 Å². The van der Waals surface area contributed by atoms with Gasteiger partial charge in [-0.2, -0.15) is 0 Å². The van der Waals surface area contributed by atoms with Gasteiger partial charge in [-0.15, -0.1) is 0 Å². The van der Waals surface area contributed by atoms with Crippen LogP contribution in [0.4, 0.5) is 0 Å². The Labute approximate surface area is 209 Å². The van der Waals surface area contributed by atoms with E-state index in [-0.39, 0.29) is 19.1 Å². The maximum Gasteiger partial charge on any atom is 0.137 e. The predicted molar refractivity (Wildman–Crippen MR) is 132 cm³/mol. The number of rotatable bonds is 7. The van der Waals surface area contributed by atoms with Crippen LogP contribution >= 0.6 is 11.6 Å². The molecule has 3 aromatic carbocycles. The molecule has 35 heavy (non-hydrogen) atoms. The molecule has 3 N–H and O–H groups in total. The second kappa shape index (κ2) is 10.6. The van der Waals surface area contributed by atoms with Crippen molar-refractivity contribution in [3.63, 3.8) is 0 Å². The van der Waals surface area contributed by atoms with Gasteiger partial charge in [0, 0.05) is 17.9 Å². The summed E-state index contributed by atoms with van der Waals surface area (Å²) in [6, 6.07) is 21.6. The molecule has 7 heteroatoms. The molecule has 1 saturated heterocycles. The number of benzene rings is 3. The lowest BCUT2D eigenvalue weighted by Crippen LogP contribution is -2.47. The van der Waals surface area contributed by atoms with Gasteiger partial charge in [-0.25, -0.2) is 0 Å². The number of ether oxygens (including phenoxy) is 3. The lowest BCUT2D eigenvalue weighted by Gasteiger charge is -2.36. The summed E-state index contributed by atoms with van der Waals surface area (Å²) in [7, 11) is 0. The van der Waals surface area contributed by atoms with Gasteiger partial charge >= 0.3 is 0 Å². The Morgan fingerprint density at radius 3 is 2.57 bits per heavy atom. The molecule has 0 spiro atoms. The number of aliphatic hydroxyl groups excluding tert-OH is 3. The van der Waals surface area contributed by atoms with Crippen LogP contribution in [0.3, 0.4) is 0 Å². The van der Waals surface area contributed by atoms with Gasteiger partial charge in [0.15, 0.2) is 0 Å². The van der Waals surface area contributed by atoms with E-state index in [1.165, 1.54) is 5.56 Å². The second-order valence-corrected chi connectivity index (χ2v) is 9.58. The average molecular weight is 497 g/mol. The van der Waals surface area contributed by atoms with Crippen molar-refractivity contribution in [1.29, 1.82) is 0 Å². The Morgan fingerprint density at radius 1 is 1.00 bits per heavy atom. The number of para-hydroxylation sites is 1. The standard InChI is InChI=1S/C28H29ClO6/c29-23-10-7-19(26-14-24(31)28(32)27(15-30)35-26)12-20(23)11-17-5-8-21(9-6-17)33-16-22-13-18-3-1-2-4-25(18)34-22/h1-10,12,22,24,26-28,30-32H,11,13-16H2/t22-,24-,26-,27-,28+/m1/s1. The third kappa shape index (κ3) is 5.47. The van der Waals surface area contributed by atoms with Crippen molar-refractivity contribution in [2.75, 3.05) is 13.2 Å². The number of hydrogen-bond donors (Lipinski definition) is 3. The Balaban J connectivity index is 1.20. The molecular weight excluding hydrogens is 468 g/mol. The number of halogens is 1. The fourth-order valence-corrected chi connectivity index (χ4v) is 4.89. The molecule has 0 aliphatic carbocycles. The summed E-state index contributed by atoms with van der Waals surface area (Å²) in [4.78, 5) is 0. The van der Waals surface area contributed by atoms with Crippen LogP contribution < -0.4 is 9.47 Å². The van der Waals surface area contributed by atoms with Crippen molar-refractivity contribution < 1.29 is 29.5 Å². The van der Waals surface area contributed by atoms with E-state index >= 15 is 0 Å². The highest BCUT2D eigenvalue weighted by atomic mass is 35.5. The molecule has 0 saturated carbocycles. The van der Waals surface area contributed by atoms with Crippen molar-refractivity contribution in [2.24, 2.45) is 0 Å². The molecule has 0 bridgehead atoms. The zero-order valence-corrected chi connectivity index (χ0v) is 20.0. The van der Waals surface area contributed by atoms with E-state index in [1.807, 2.05) is 60.7 Å². The van der Waals surface area contributed by atoms with E-state index in [0.717, 1.165) is 34.6 Å². The molecule has 184 valence electrons. The van der Waals surface area contributed by atoms with Gasteiger partial charge in [-0.3, -0.25) is 0 Å². The van der Waals surface area contributed by atoms with Gasteiger partial charge < -0.3 is 29.5 Å². The monoisotopic (exact) mass is 496 g/mol. The first-order valence-electron chi connectivity index (χ1n) is 11.9. The van der Waals surface area contributed by atoms with Crippen LogP contribution in [0.2, 0.25) is 5.02 Å². The molecule has 2 aliphatic heterocycles. The summed E-state index contributed by atoms with van der Waals surface area (Å²) >= 11 is 6.48. The molecule has 6 nitrogen and oxygen atoms in total. The summed E-state index contributed by atoms with van der Waals surface area (Å²) in [5.74, 6) is 1.72. The summed E-state index contributed by atoms with van der Waals surface area (Å²) < 4.78 is 17.7.